The van der Waals surface area contributed by atoms with Crippen LogP contribution in [0.1, 0.15) is 41.6 Å². The normalized spacial score (nSPS) is 17.8. The summed E-state index contributed by atoms with van der Waals surface area (Å²) in [7, 11) is 0. The zero-order chi connectivity index (χ0) is 16.4. The molecule has 0 radical (unpaired) electrons. The van der Waals surface area contributed by atoms with E-state index in [0.29, 0.717) is 23.8 Å². The van der Waals surface area contributed by atoms with Gasteiger partial charge >= 0.3 is 0 Å². The third-order valence-electron chi connectivity index (χ3n) is 4.29. The molecule has 122 valence electrons. The van der Waals surface area contributed by atoms with E-state index in [1.165, 1.54) is 12.5 Å². The maximum atomic E-state index is 12.7. The molecule has 0 N–H and O–H groups in total. The third kappa shape index (κ3) is 2.71. The van der Waals surface area contributed by atoms with E-state index in [9.17, 15) is 4.79 Å². The molecule has 0 aliphatic carbocycles. The van der Waals surface area contributed by atoms with E-state index < -0.39 is 0 Å². The van der Waals surface area contributed by atoms with Crippen LogP contribution in [-0.4, -0.2) is 27.5 Å². The number of amides is 1. The first kappa shape index (κ1) is 14.7. The van der Waals surface area contributed by atoms with Gasteiger partial charge in [-0.1, -0.05) is 35.5 Å². The second-order valence-electron chi connectivity index (χ2n) is 5.84. The molecule has 0 spiro atoms. The molecular formula is C18H17N3O3. The van der Waals surface area contributed by atoms with Crippen LogP contribution in [0, 0.1) is 0 Å². The van der Waals surface area contributed by atoms with Crippen LogP contribution in [-0.2, 0) is 0 Å². The largest absolute Gasteiger partial charge is 0.472 e. The molecule has 3 aromatic rings. The number of furan rings is 1. The number of aromatic nitrogens is 2. The molecule has 1 atom stereocenters. The van der Waals surface area contributed by atoms with Gasteiger partial charge in [0.1, 0.15) is 12.3 Å². The summed E-state index contributed by atoms with van der Waals surface area (Å²) >= 11 is 0. The van der Waals surface area contributed by atoms with Crippen molar-refractivity contribution in [3.8, 4) is 11.4 Å². The lowest BCUT2D eigenvalue weighted by Crippen LogP contribution is -2.38. The lowest BCUT2D eigenvalue weighted by atomic mass is 10.0. The highest BCUT2D eigenvalue weighted by atomic mass is 16.5. The van der Waals surface area contributed by atoms with Crippen LogP contribution in [0.5, 0.6) is 0 Å². The monoisotopic (exact) mass is 323 g/mol. The van der Waals surface area contributed by atoms with Gasteiger partial charge in [-0.2, -0.15) is 4.98 Å². The zero-order valence-electron chi connectivity index (χ0n) is 13.1. The van der Waals surface area contributed by atoms with Gasteiger partial charge in [-0.3, -0.25) is 4.79 Å². The summed E-state index contributed by atoms with van der Waals surface area (Å²) in [6, 6.07) is 11.2. The number of piperidine rings is 1. The molecule has 0 bridgehead atoms. The van der Waals surface area contributed by atoms with Crippen LogP contribution in [0.4, 0.5) is 0 Å². The molecule has 4 rings (SSSR count). The van der Waals surface area contributed by atoms with E-state index in [-0.39, 0.29) is 11.9 Å². The molecule has 6 nitrogen and oxygen atoms in total. The molecule has 1 aliphatic rings. The lowest BCUT2D eigenvalue weighted by Gasteiger charge is -2.33. The lowest BCUT2D eigenvalue weighted by molar-refractivity contribution is 0.0560. The average molecular weight is 323 g/mol. The summed E-state index contributed by atoms with van der Waals surface area (Å²) in [4.78, 5) is 19.0. The molecule has 0 saturated carbocycles. The first-order valence-corrected chi connectivity index (χ1v) is 8.05. The predicted octanol–water partition coefficient (Wildman–Crippen LogP) is 3.70. The molecule has 6 heteroatoms. The Hall–Kier alpha value is -2.89. The van der Waals surface area contributed by atoms with Gasteiger partial charge in [0, 0.05) is 12.1 Å². The van der Waals surface area contributed by atoms with Crippen molar-refractivity contribution in [1.82, 2.24) is 15.0 Å². The average Bonchev–Trinajstić information content (AvgIpc) is 3.34. The maximum absolute atomic E-state index is 12.7. The highest BCUT2D eigenvalue weighted by molar-refractivity contribution is 5.94. The Morgan fingerprint density at radius 1 is 1.17 bits per heavy atom. The van der Waals surface area contributed by atoms with Crippen LogP contribution >= 0.6 is 0 Å². The smallest absolute Gasteiger partial charge is 0.257 e. The van der Waals surface area contributed by atoms with Crippen LogP contribution in [0.3, 0.4) is 0 Å². The summed E-state index contributed by atoms with van der Waals surface area (Å²) in [5.41, 5.74) is 1.45. The van der Waals surface area contributed by atoms with E-state index in [1.54, 1.807) is 11.0 Å². The van der Waals surface area contributed by atoms with Crippen molar-refractivity contribution >= 4 is 5.91 Å². The van der Waals surface area contributed by atoms with Crippen molar-refractivity contribution in [2.45, 2.75) is 25.3 Å². The van der Waals surface area contributed by atoms with E-state index in [1.807, 2.05) is 30.3 Å². The summed E-state index contributed by atoms with van der Waals surface area (Å²) in [6.45, 7) is 0.678. The second-order valence-corrected chi connectivity index (χ2v) is 5.84. The van der Waals surface area contributed by atoms with Crippen molar-refractivity contribution in [3.63, 3.8) is 0 Å². The van der Waals surface area contributed by atoms with Crippen LogP contribution in [0.15, 0.2) is 57.9 Å². The zero-order valence-corrected chi connectivity index (χ0v) is 13.1. The Kier molecular flexibility index (Phi) is 3.86. The van der Waals surface area contributed by atoms with E-state index in [0.717, 1.165) is 24.8 Å². The molecule has 3 heterocycles. The third-order valence-corrected chi connectivity index (χ3v) is 4.29. The van der Waals surface area contributed by atoms with Crippen molar-refractivity contribution in [3.05, 3.63) is 60.4 Å². The molecule has 1 aromatic carbocycles. The van der Waals surface area contributed by atoms with Crippen molar-refractivity contribution in [2.75, 3.05) is 6.54 Å². The van der Waals surface area contributed by atoms with E-state index in [4.69, 9.17) is 8.94 Å². The van der Waals surface area contributed by atoms with Gasteiger partial charge in [0.05, 0.1) is 11.8 Å². The number of benzene rings is 1. The molecule has 1 amide bonds. The number of rotatable bonds is 3. The summed E-state index contributed by atoms with van der Waals surface area (Å²) < 4.78 is 10.5. The SMILES string of the molecule is O=C(c1ccoc1)N1CCCC[C@H]1c1nc(-c2ccccc2)no1. The Bertz CT molecular complexity index is 811. The van der Waals surface area contributed by atoms with Crippen molar-refractivity contribution < 1.29 is 13.7 Å². The standard InChI is InChI=1S/C18H17N3O3/c22-18(14-9-11-23-12-14)21-10-5-4-8-15(21)17-19-16(20-24-17)13-6-2-1-3-7-13/h1-3,6-7,9,11-12,15H,4-5,8,10H2/t15-/m0/s1. The van der Waals surface area contributed by atoms with Crippen LogP contribution in [0.2, 0.25) is 0 Å². The van der Waals surface area contributed by atoms with Crippen molar-refractivity contribution in [1.29, 1.82) is 0 Å². The fourth-order valence-electron chi connectivity index (χ4n) is 3.06. The summed E-state index contributed by atoms with van der Waals surface area (Å²) in [6.07, 6.45) is 5.80. The van der Waals surface area contributed by atoms with Crippen molar-refractivity contribution in [2.24, 2.45) is 0 Å². The maximum Gasteiger partial charge on any atom is 0.257 e. The van der Waals surface area contributed by atoms with Gasteiger partial charge in [0.2, 0.25) is 11.7 Å². The van der Waals surface area contributed by atoms with Gasteiger partial charge in [0.25, 0.3) is 5.91 Å². The van der Waals surface area contributed by atoms with Gasteiger partial charge in [-0.15, -0.1) is 0 Å². The number of hydrogen-bond donors (Lipinski definition) is 0. The van der Waals surface area contributed by atoms with Gasteiger partial charge in [0.15, 0.2) is 0 Å². The highest BCUT2D eigenvalue weighted by Gasteiger charge is 2.33. The molecule has 2 aromatic heterocycles. The number of likely N-dealkylation sites (tertiary alicyclic amines) is 1. The number of carbonyl (C=O) groups excluding carboxylic acids is 1. The molecule has 0 unspecified atom stereocenters. The Balaban J connectivity index is 1.62. The van der Waals surface area contributed by atoms with Crippen LogP contribution < -0.4 is 0 Å². The molecule has 1 fully saturated rings. The van der Waals surface area contributed by atoms with E-state index in [2.05, 4.69) is 10.1 Å². The molecular weight excluding hydrogens is 306 g/mol. The summed E-state index contributed by atoms with van der Waals surface area (Å²) in [5.74, 6) is 0.977. The fraction of sp³-hybridized carbons (Fsp3) is 0.278. The fourth-order valence-corrected chi connectivity index (χ4v) is 3.06. The predicted molar refractivity (Wildman–Crippen MR) is 86.1 cm³/mol. The quantitative estimate of drug-likeness (QED) is 0.735. The van der Waals surface area contributed by atoms with E-state index >= 15 is 0 Å². The summed E-state index contributed by atoms with van der Waals surface area (Å²) in [5, 5.41) is 4.08. The second kappa shape index (κ2) is 6.31. The number of hydrogen-bond acceptors (Lipinski definition) is 5. The number of carbonyl (C=O) groups is 1. The Morgan fingerprint density at radius 3 is 2.83 bits per heavy atom. The molecule has 1 aliphatic heterocycles. The van der Waals surface area contributed by atoms with Gasteiger partial charge < -0.3 is 13.8 Å². The first-order valence-electron chi connectivity index (χ1n) is 8.05. The minimum Gasteiger partial charge on any atom is -0.472 e. The molecule has 1 saturated heterocycles. The van der Waals surface area contributed by atoms with Crippen LogP contribution in [0.25, 0.3) is 11.4 Å². The topological polar surface area (TPSA) is 72.4 Å². The minimum atomic E-state index is -0.189. The number of nitrogens with zero attached hydrogens (tertiary/aromatic N) is 3. The minimum absolute atomic E-state index is 0.0621. The highest BCUT2D eigenvalue weighted by Crippen LogP contribution is 2.32. The first-order chi connectivity index (χ1) is 11.8. The van der Waals surface area contributed by atoms with Gasteiger partial charge in [-0.05, 0) is 25.3 Å². The van der Waals surface area contributed by atoms with Gasteiger partial charge in [-0.25, -0.2) is 0 Å². The Labute approximate surface area is 139 Å². The molecule has 24 heavy (non-hydrogen) atoms. The Morgan fingerprint density at radius 2 is 2.04 bits per heavy atom.